The molecule has 0 radical (unpaired) electrons. The van der Waals surface area contributed by atoms with Crippen molar-refractivity contribution in [2.75, 3.05) is 0 Å². The highest BCUT2D eigenvalue weighted by molar-refractivity contribution is 5.86. The predicted molar refractivity (Wildman–Crippen MR) is 54.8 cm³/mol. The molecule has 19 heavy (non-hydrogen) atoms. The first-order valence-corrected chi connectivity index (χ1v) is 4.78. The standard InChI is InChI=1S/C11H7F5O3/c12-10(13)7-1-3-8(19-11(14,15)16)6(5-7)2-4-9(17)18/h1-5,10H,(H,17,18)/b4-2+. The summed E-state index contributed by atoms with van der Waals surface area (Å²) < 4.78 is 64.6. The lowest BCUT2D eigenvalue weighted by Crippen LogP contribution is -2.17. The van der Waals surface area contributed by atoms with Crippen LogP contribution in [0.15, 0.2) is 24.3 Å². The average molecular weight is 282 g/mol. The number of carboxylic acids is 1. The van der Waals surface area contributed by atoms with Crippen molar-refractivity contribution in [3.63, 3.8) is 0 Å². The van der Waals surface area contributed by atoms with E-state index in [0.717, 1.165) is 18.2 Å². The summed E-state index contributed by atoms with van der Waals surface area (Å²) in [5, 5.41) is 8.38. The Morgan fingerprint density at radius 3 is 2.42 bits per heavy atom. The van der Waals surface area contributed by atoms with Gasteiger partial charge in [-0.05, 0) is 24.3 Å². The minimum absolute atomic E-state index is 0.405. The van der Waals surface area contributed by atoms with Crippen LogP contribution in [-0.2, 0) is 4.79 Å². The quantitative estimate of drug-likeness (QED) is 0.677. The zero-order valence-corrected chi connectivity index (χ0v) is 9.12. The predicted octanol–water partition coefficient (Wildman–Crippen LogP) is 3.62. The largest absolute Gasteiger partial charge is 0.573 e. The van der Waals surface area contributed by atoms with Crippen LogP contribution >= 0.6 is 0 Å². The molecule has 1 N–H and O–H groups in total. The molecule has 1 aromatic carbocycles. The number of benzene rings is 1. The first-order chi connectivity index (χ1) is 8.69. The van der Waals surface area contributed by atoms with Crippen molar-refractivity contribution in [3.8, 4) is 5.75 Å². The topological polar surface area (TPSA) is 46.5 Å². The third kappa shape index (κ3) is 4.94. The third-order valence-corrected chi connectivity index (χ3v) is 1.92. The molecule has 0 unspecified atom stereocenters. The Morgan fingerprint density at radius 2 is 1.95 bits per heavy atom. The Bertz CT molecular complexity index is 494. The van der Waals surface area contributed by atoms with Crippen molar-refractivity contribution < 1.29 is 36.6 Å². The Labute approximate surface area is 103 Å². The Kier molecular flexibility index (Phi) is 4.47. The van der Waals surface area contributed by atoms with Gasteiger partial charge in [-0.1, -0.05) is 0 Å². The van der Waals surface area contributed by atoms with Gasteiger partial charge in [0.1, 0.15) is 5.75 Å². The van der Waals surface area contributed by atoms with Crippen LogP contribution in [0.1, 0.15) is 17.6 Å². The summed E-state index contributed by atoms with van der Waals surface area (Å²) in [6, 6.07) is 2.20. The van der Waals surface area contributed by atoms with E-state index < -0.39 is 35.6 Å². The molecular weight excluding hydrogens is 275 g/mol. The number of rotatable bonds is 4. The Balaban J connectivity index is 3.18. The van der Waals surface area contributed by atoms with E-state index in [1.54, 1.807) is 0 Å². The number of hydrogen-bond donors (Lipinski definition) is 1. The summed E-state index contributed by atoms with van der Waals surface area (Å²) in [5.41, 5.74) is -0.947. The molecule has 0 aliphatic heterocycles. The molecule has 0 saturated heterocycles. The number of hydrogen-bond acceptors (Lipinski definition) is 2. The first-order valence-electron chi connectivity index (χ1n) is 4.78. The summed E-state index contributed by atoms with van der Waals surface area (Å²) in [7, 11) is 0. The fourth-order valence-corrected chi connectivity index (χ4v) is 1.21. The molecule has 3 nitrogen and oxygen atoms in total. The monoisotopic (exact) mass is 282 g/mol. The van der Waals surface area contributed by atoms with Crippen LogP contribution in [0.25, 0.3) is 6.08 Å². The van der Waals surface area contributed by atoms with E-state index in [9.17, 15) is 26.7 Å². The summed E-state index contributed by atoms with van der Waals surface area (Å²) in [4.78, 5) is 10.3. The van der Waals surface area contributed by atoms with Crippen LogP contribution in [0, 0.1) is 0 Å². The average Bonchev–Trinajstić information content (AvgIpc) is 2.25. The molecule has 0 atom stereocenters. The lowest BCUT2D eigenvalue weighted by molar-refractivity contribution is -0.274. The number of ether oxygens (including phenoxy) is 1. The smallest absolute Gasteiger partial charge is 0.478 e. The highest BCUT2D eigenvalue weighted by Crippen LogP contribution is 2.31. The van der Waals surface area contributed by atoms with E-state index in [1.807, 2.05) is 0 Å². The maximum absolute atomic E-state index is 12.4. The van der Waals surface area contributed by atoms with E-state index in [-0.39, 0.29) is 0 Å². The fourth-order valence-electron chi connectivity index (χ4n) is 1.21. The first kappa shape index (κ1) is 14.9. The summed E-state index contributed by atoms with van der Waals surface area (Å²) in [6.07, 6.45) is -6.63. The van der Waals surface area contributed by atoms with Gasteiger partial charge in [0.25, 0.3) is 6.43 Å². The molecule has 1 aromatic rings. The minimum Gasteiger partial charge on any atom is -0.478 e. The van der Waals surface area contributed by atoms with Crippen molar-refractivity contribution >= 4 is 12.0 Å². The highest BCUT2D eigenvalue weighted by atomic mass is 19.4. The number of halogens is 5. The SMILES string of the molecule is O=C(O)/C=C/c1cc(C(F)F)ccc1OC(F)(F)F. The second-order valence-corrected chi connectivity index (χ2v) is 3.32. The molecule has 0 aromatic heterocycles. The lowest BCUT2D eigenvalue weighted by atomic mass is 10.1. The number of alkyl halides is 5. The molecule has 0 aliphatic carbocycles. The molecule has 0 heterocycles. The highest BCUT2D eigenvalue weighted by Gasteiger charge is 2.32. The van der Waals surface area contributed by atoms with Gasteiger partial charge in [-0.3, -0.25) is 0 Å². The molecule has 0 amide bonds. The zero-order valence-electron chi connectivity index (χ0n) is 9.12. The van der Waals surface area contributed by atoms with Gasteiger partial charge in [-0.15, -0.1) is 13.2 Å². The normalized spacial score (nSPS) is 12.1. The second kappa shape index (κ2) is 5.68. The van der Waals surface area contributed by atoms with Gasteiger partial charge in [0.15, 0.2) is 0 Å². The third-order valence-electron chi connectivity index (χ3n) is 1.92. The molecule has 8 heteroatoms. The summed E-state index contributed by atoms with van der Waals surface area (Å²) in [5.74, 6) is -2.19. The van der Waals surface area contributed by atoms with Gasteiger partial charge in [0, 0.05) is 17.2 Å². The van der Waals surface area contributed by atoms with E-state index >= 15 is 0 Å². The van der Waals surface area contributed by atoms with E-state index in [4.69, 9.17) is 5.11 Å². The fraction of sp³-hybridized carbons (Fsp3) is 0.182. The summed E-state index contributed by atoms with van der Waals surface area (Å²) in [6.45, 7) is 0. The summed E-state index contributed by atoms with van der Waals surface area (Å²) >= 11 is 0. The molecule has 0 fully saturated rings. The Morgan fingerprint density at radius 1 is 1.32 bits per heavy atom. The van der Waals surface area contributed by atoms with Crippen LogP contribution in [0.4, 0.5) is 22.0 Å². The molecule has 0 bridgehead atoms. The van der Waals surface area contributed by atoms with Gasteiger partial charge >= 0.3 is 12.3 Å². The van der Waals surface area contributed by atoms with Crippen molar-refractivity contribution in [1.29, 1.82) is 0 Å². The maximum Gasteiger partial charge on any atom is 0.573 e. The van der Waals surface area contributed by atoms with Crippen molar-refractivity contribution in [2.45, 2.75) is 12.8 Å². The number of carbonyl (C=O) groups is 1. The molecule has 0 spiro atoms. The van der Waals surface area contributed by atoms with E-state index in [0.29, 0.717) is 12.1 Å². The maximum atomic E-state index is 12.4. The zero-order chi connectivity index (χ0) is 14.6. The van der Waals surface area contributed by atoms with Crippen molar-refractivity contribution in [1.82, 2.24) is 0 Å². The van der Waals surface area contributed by atoms with Crippen LogP contribution in [0.3, 0.4) is 0 Å². The van der Waals surface area contributed by atoms with Crippen LogP contribution in [0.2, 0.25) is 0 Å². The van der Waals surface area contributed by atoms with Gasteiger partial charge in [-0.2, -0.15) is 0 Å². The molecule has 0 saturated carbocycles. The van der Waals surface area contributed by atoms with Crippen molar-refractivity contribution in [3.05, 3.63) is 35.4 Å². The van der Waals surface area contributed by atoms with Crippen LogP contribution in [-0.4, -0.2) is 17.4 Å². The second-order valence-electron chi connectivity index (χ2n) is 3.32. The number of carboxylic acid groups (broad SMARTS) is 1. The van der Waals surface area contributed by atoms with E-state index in [2.05, 4.69) is 4.74 Å². The van der Waals surface area contributed by atoms with Gasteiger partial charge in [0.2, 0.25) is 0 Å². The van der Waals surface area contributed by atoms with Crippen LogP contribution < -0.4 is 4.74 Å². The van der Waals surface area contributed by atoms with Crippen LogP contribution in [0.5, 0.6) is 5.75 Å². The van der Waals surface area contributed by atoms with E-state index in [1.165, 1.54) is 0 Å². The molecule has 1 rings (SSSR count). The molecule has 104 valence electrons. The molecular formula is C11H7F5O3. The van der Waals surface area contributed by atoms with Crippen molar-refractivity contribution in [2.24, 2.45) is 0 Å². The number of aliphatic carboxylic acids is 1. The van der Waals surface area contributed by atoms with Gasteiger partial charge in [-0.25, -0.2) is 13.6 Å². The lowest BCUT2D eigenvalue weighted by Gasteiger charge is -2.12. The Hall–Kier alpha value is -2.12. The minimum atomic E-state index is -5.00. The molecule has 0 aliphatic rings. The van der Waals surface area contributed by atoms with Gasteiger partial charge < -0.3 is 9.84 Å². The van der Waals surface area contributed by atoms with Gasteiger partial charge in [0.05, 0.1) is 0 Å².